The summed E-state index contributed by atoms with van der Waals surface area (Å²) in [5.74, 6) is 0.0115. The molecule has 0 aromatic heterocycles. The van der Waals surface area contributed by atoms with Crippen LogP contribution in [0.2, 0.25) is 0 Å². The van der Waals surface area contributed by atoms with Crippen LogP contribution in [0.1, 0.15) is 142 Å². The van der Waals surface area contributed by atoms with Crippen molar-refractivity contribution in [2.24, 2.45) is 0 Å². The summed E-state index contributed by atoms with van der Waals surface area (Å²) in [6, 6.07) is 0. The highest BCUT2D eigenvalue weighted by atomic mass is 16.5. The van der Waals surface area contributed by atoms with Crippen molar-refractivity contribution in [3.8, 4) is 0 Å². The molecule has 0 saturated carbocycles. The second kappa shape index (κ2) is 17.9. The molecule has 2 nitrogen and oxygen atoms in total. The zero-order valence-corrected chi connectivity index (χ0v) is 17.7. The maximum atomic E-state index is 11.0. The molecular weight excluding hydrogens is 320 g/mol. The van der Waals surface area contributed by atoms with Gasteiger partial charge in [0.1, 0.15) is 6.10 Å². The molecular formula is C24H46O2. The number of carbonyl (C=O) groups is 1. The predicted molar refractivity (Wildman–Crippen MR) is 113 cm³/mol. The lowest BCUT2D eigenvalue weighted by atomic mass is 10.0. The number of ether oxygens (including phenoxy) is 1. The summed E-state index contributed by atoms with van der Waals surface area (Å²) < 4.78 is 5.26. The van der Waals surface area contributed by atoms with Crippen LogP contribution in [0.5, 0.6) is 0 Å². The predicted octanol–water partition coefficient (Wildman–Crippen LogP) is 8.12. The monoisotopic (exact) mass is 366 g/mol. The van der Waals surface area contributed by atoms with Crippen molar-refractivity contribution in [3.05, 3.63) is 0 Å². The van der Waals surface area contributed by atoms with Crippen molar-refractivity contribution in [2.75, 3.05) is 0 Å². The van der Waals surface area contributed by atoms with Gasteiger partial charge in [0.25, 0.3) is 0 Å². The normalized spacial score (nSPS) is 17.0. The molecule has 0 amide bonds. The summed E-state index contributed by atoms with van der Waals surface area (Å²) in [5, 5.41) is 0. The fourth-order valence-electron chi connectivity index (χ4n) is 4.06. The first-order valence-corrected chi connectivity index (χ1v) is 12.0. The van der Waals surface area contributed by atoms with E-state index in [4.69, 9.17) is 4.74 Å². The Kier molecular flexibility index (Phi) is 16.2. The molecule has 1 saturated heterocycles. The van der Waals surface area contributed by atoms with E-state index >= 15 is 0 Å². The van der Waals surface area contributed by atoms with Crippen LogP contribution in [0.4, 0.5) is 0 Å². The van der Waals surface area contributed by atoms with E-state index in [1.54, 1.807) is 0 Å². The van der Waals surface area contributed by atoms with E-state index in [0.29, 0.717) is 6.42 Å². The third kappa shape index (κ3) is 14.6. The molecule has 2 heteroatoms. The minimum Gasteiger partial charge on any atom is -0.462 e. The minimum atomic E-state index is 0.0115. The van der Waals surface area contributed by atoms with Crippen LogP contribution in [0, 0.1) is 0 Å². The number of unbranched alkanes of at least 4 members (excludes halogenated alkanes) is 17. The summed E-state index contributed by atoms with van der Waals surface area (Å²) in [5.41, 5.74) is 0. The average Bonchev–Trinajstić information content (AvgIpc) is 3.06. The first kappa shape index (κ1) is 23.5. The second-order valence-electron chi connectivity index (χ2n) is 8.45. The lowest BCUT2D eigenvalue weighted by Gasteiger charge is -2.08. The highest BCUT2D eigenvalue weighted by Gasteiger charge is 2.22. The zero-order valence-electron chi connectivity index (χ0n) is 17.7. The van der Waals surface area contributed by atoms with Gasteiger partial charge in [-0.25, -0.2) is 0 Å². The Bertz CT molecular complexity index is 313. The molecule has 0 aromatic rings. The highest BCUT2D eigenvalue weighted by Crippen LogP contribution is 2.20. The maximum absolute atomic E-state index is 11.0. The molecule has 0 spiro atoms. The van der Waals surface area contributed by atoms with Gasteiger partial charge < -0.3 is 4.74 Å². The van der Waals surface area contributed by atoms with Crippen LogP contribution in [0.25, 0.3) is 0 Å². The molecule has 1 unspecified atom stereocenters. The van der Waals surface area contributed by atoms with Gasteiger partial charge in [-0.05, 0) is 19.3 Å². The zero-order chi connectivity index (χ0) is 18.7. The molecule has 1 rings (SSSR count). The molecule has 1 fully saturated rings. The van der Waals surface area contributed by atoms with Crippen LogP contribution in [-0.4, -0.2) is 12.1 Å². The smallest absolute Gasteiger partial charge is 0.306 e. The van der Waals surface area contributed by atoms with Crippen LogP contribution < -0.4 is 0 Å². The van der Waals surface area contributed by atoms with Gasteiger partial charge in [-0.2, -0.15) is 0 Å². The summed E-state index contributed by atoms with van der Waals surface area (Å²) in [6.07, 6.45) is 28.4. The third-order valence-electron chi connectivity index (χ3n) is 5.85. The van der Waals surface area contributed by atoms with Crippen molar-refractivity contribution in [1.82, 2.24) is 0 Å². The van der Waals surface area contributed by atoms with Gasteiger partial charge in [-0.1, -0.05) is 116 Å². The summed E-state index contributed by atoms with van der Waals surface area (Å²) in [6.45, 7) is 2.29. The highest BCUT2D eigenvalue weighted by molar-refractivity contribution is 5.71. The van der Waals surface area contributed by atoms with Crippen LogP contribution >= 0.6 is 0 Å². The Morgan fingerprint density at radius 2 is 1.04 bits per heavy atom. The fourth-order valence-corrected chi connectivity index (χ4v) is 4.06. The van der Waals surface area contributed by atoms with E-state index in [0.717, 1.165) is 12.8 Å². The van der Waals surface area contributed by atoms with Gasteiger partial charge in [0.15, 0.2) is 0 Å². The Hall–Kier alpha value is -0.530. The first-order valence-electron chi connectivity index (χ1n) is 12.0. The molecule has 1 aliphatic heterocycles. The molecule has 1 aliphatic rings. The maximum Gasteiger partial charge on any atom is 0.306 e. The van der Waals surface area contributed by atoms with Gasteiger partial charge in [0.05, 0.1) is 0 Å². The van der Waals surface area contributed by atoms with Gasteiger partial charge >= 0.3 is 5.97 Å². The molecule has 0 aliphatic carbocycles. The largest absolute Gasteiger partial charge is 0.462 e. The van der Waals surface area contributed by atoms with Crippen molar-refractivity contribution < 1.29 is 9.53 Å². The van der Waals surface area contributed by atoms with Crippen LogP contribution in [-0.2, 0) is 9.53 Å². The second-order valence-corrected chi connectivity index (χ2v) is 8.45. The number of carbonyl (C=O) groups excluding carboxylic acids is 1. The number of esters is 1. The number of cyclic esters (lactones) is 1. The minimum absolute atomic E-state index is 0.0115. The van der Waals surface area contributed by atoms with Crippen molar-refractivity contribution >= 4 is 5.97 Å². The first-order chi connectivity index (χ1) is 12.8. The lowest BCUT2D eigenvalue weighted by Crippen LogP contribution is -2.06. The Morgan fingerprint density at radius 3 is 1.38 bits per heavy atom. The molecule has 0 radical (unpaired) electrons. The van der Waals surface area contributed by atoms with Crippen LogP contribution in [0.3, 0.4) is 0 Å². The topological polar surface area (TPSA) is 26.3 Å². The molecule has 1 heterocycles. The molecule has 1 atom stereocenters. The number of hydrogen-bond acceptors (Lipinski definition) is 2. The third-order valence-corrected chi connectivity index (χ3v) is 5.85. The molecule has 0 N–H and O–H groups in total. The van der Waals surface area contributed by atoms with E-state index in [1.165, 1.54) is 116 Å². The van der Waals surface area contributed by atoms with Gasteiger partial charge in [0.2, 0.25) is 0 Å². The number of rotatable bonds is 19. The van der Waals surface area contributed by atoms with E-state index in [-0.39, 0.29) is 12.1 Å². The summed E-state index contributed by atoms with van der Waals surface area (Å²) in [4.78, 5) is 11.0. The Labute approximate surface area is 163 Å². The summed E-state index contributed by atoms with van der Waals surface area (Å²) >= 11 is 0. The van der Waals surface area contributed by atoms with Crippen LogP contribution in [0.15, 0.2) is 0 Å². The van der Waals surface area contributed by atoms with E-state index in [9.17, 15) is 4.79 Å². The average molecular weight is 367 g/mol. The Morgan fingerprint density at radius 1 is 0.654 bits per heavy atom. The SMILES string of the molecule is CCCCCCCCCCCCCCCCCCCCC1CCC(=O)O1. The van der Waals surface area contributed by atoms with E-state index in [2.05, 4.69) is 6.92 Å². The lowest BCUT2D eigenvalue weighted by molar-refractivity contribution is -0.141. The van der Waals surface area contributed by atoms with E-state index < -0.39 is 0 Å². The molecule has 0 bridgehead atoms. The molecule has 0 aromatic carbocycles. The Balaban J connectivity index is 1.65. The number of hydrogen-bond donors (Lipinski definition) is 0. The van der Waals surface area contributed by atoms with Gasteiger partial charge in [-0.3, -0.25) is 4.79 Å². The van der Waals surface area contributed by atoms with Gasteiger partial charge in [-0.15, -0.1) is 0 Å². The molecule has 154 valence electrons. The molecule has 26 heavy (non-hydrogen) atoms. The van der Waals surface area contributed by atoms with Crippen molar-refractivity contribution in [2.45, 2.75) is 148 Å². The van der Waals surface area contributed by atoms with E-state index in [1.807, 2.05) is 0 Å². The van der Waals surface area contributed by atoms with Gasteiger partial charge in [0, 0.05) is 6.42 Å². The standard InChI is InChI=1S/C24H46O2/c1-2-3-4-5-6-7-8-9-10-11-12-13-14-15-16-17-18-19-20-23-21-22-24(25)26-23/h23H,2-22H2,1H3. The van der Waals surface area contributed by atoms with Crippen molar-refractivity contribution in [3.63, 3.8) is 0 Å². The fraction of sp³-hybridized carbons (Fsp3) is 0.958. The quantitative estimate of drug-likeness (QED) is 0.170. The van der Waals surface area contributed by atoms with Crippen molar-refractivity contribution in [1.29, 1.82) is 0 Å². The summed E-state index contributed by atoms with van der Waals surface area (Å²) in [7, 11) is 0.